The van der Waals surface area contributed by atoms with Gasteiger partial charge < -0.3 is 5.11 Å². The highest BCUT2D eigenvalue weighted by molar-refractivity contribution is 9.10. The van der Waals surface area contributed by atoms with Crippen LogP contribution in [0.5, 0.6) is 0 Å². The summed E-state index contributed by atoms with van der Waals surface area (Å²) < 4.78 is 1.06. The molecule has 0 aromatic heterocycles. The average Bonchev–Trinajstić information content (AvgIpc) is 2.31. The van der Waals surface area contributed by atoms with Crippen molar-refractivity contribution in [3.05, 3.63) is 69.2 Å². The zero-order chi connectivity index (χ0) is 14.0. The molecule has 0 fully saturated rings. The van der Waals surface area contributed by atoms with Crippen LogP contribution in [-0.4, -0.2) is 5.11 Å². The molecule has 2 aromatic rings. The first-order chi connectivity index (χ1) is 8.87. The fraction of sp³-hybridized carbons (Fsp3) is 0.294. The van der Waals surface area contributed by atoms with Crippen LogP contribution in [0.3, 0.4) is 0 Å². The highest BCUT2D eigenvalue weighted by Gasteiger charge is 2.23. The maximum Gasteiger partial charge on any atom is 0.0908 e. The lowest BCUT2D eigenvalue weighted by molar-refractivity contribution is 0.0575. The second-order valence-electron chi connectivity index (χ2n) is 5.45. The van der Waals surface area contributed by atoms with Crippen molar-refractivity contribution in [2.24, 2.45) is 0 Å². The molecule has 0 aliphatic rings. The third-order valence-corrected chi connectivity index (χ3v) is 3.83. The van der Waals surface area contributed by atoms with Crippen LogP contribution in [-0.2, 0) is 12.0 Å². The Morgan fingerprint density at radius 2 is 1.53 bits per heavy atom. The predicted molar refractivity (Wildman–Crippen MR) is 83.3 cm³/mol. The molecular weight excluding hydrogens is 300 g/mol. The topological polar surface area (TPSA) is 20.2 Å². The summed E-state index contributed by atoms with van der Waals surface area (Å²) in [5.74, 6) is 0. The molecular formula is C17H19BrO. The van der Waals surface area contributed by atoms with E-state index in [1.807, 2.05) is 31.2 Å². The Kier molecular flexibility index (Phi) is 4.12. The second-order valence-corrected chi connectivity index (χ2v) is 6.37. The maximum atomic E-state index is 10.7. The van der Waals surface area contributed by atoms with Gasteiger partial charge in [-0.2, -0.15) is 0 Å². The maximum absolute atomic E-state index is 10.7. The molecule has 1 unspecified atom stereocenters. The smallest absolute Gasteiger partial charge is 0.0908 e. The van der Waals surface area contributed by atoms with Crippen LogP contribution in [0.2, 0.25) is 0 Å². The molecule has 0 aliphatic heterocycles. The molecule has 2 aromatic carbocycles. The van der Waals surface area contributed by atoms with E-state index in [1.165, 1.54) is 11.1 Å². The van der Waals surface area contributed by atoms with Crippen molar-refractivity contribution in [1.82, 2.24) is 0 Å². The highest BCUT2D eigenvalue weighted by atomic mass is 79.9. The van der Waals surface area contributed by atoms with Gasteiger partial charge >= 0.3 is 0 Å². The van der Waals surface area contributed by atoms with Crippen LogP contribution in [0.25, 0.3) is 0 Å². The summed E-state index contributed by atoms with van der Waals surface area (Å²) in [6.45, 7) is 6.00. The lowest BCUT2D eigenvalue weighted by Crippen LogP contribution is -2.24. The van der Waals surface area contributed by atoms with Gasteiger partial charge in [0.25, 0.3) is 0 Å². The average molecular weight is 319 g/mol. The molecule has 1 nitrogen and oxygen atoms in total. The molecule has 19 heavy (non-hydrogen) atoms. The summed E-state index contributed by atoms with van der Waals surface area (Å²) in [6, 6.07) is 14.3. The van der Waals surface area contributed by atoms with Gasteiger partial charge in [0.1, 0.15) is 0 Å². The number of aliphatic hydroxyl groups is 1. The van der Waals surface area contributed by atoms with E-state index in [-0.39, 0.29) is 0 Å². The van der Waals surface area contributed by atoms with Gasteiger partial charge in [0, 0.05) is 10.9 Å². The van der Waals surface area contributed by atoms with Gasteiger partial charge in [0.05, 0.1) is 5.60 Å². The molecule has 0 bridgehead atoms. The monoisotopic (exact) mass is 318 g/mol. The zero-order valence-corrected chi connectivity index (χ0v) is 13.2. The van der Waals surface area contributed by atoms with E-state index in [9.17, 15) is 5.11 Å². The van der Waals surface area contributed by atoms with Gasteiger partial charge in [0.2, 0.25) is 0 Å². The Labute approximate surface area is 123 Å². The summed E-state index contributed by atoms with van der Waals surface area (Å²) in [5.41, 5.74) is 3.64. The minimum atomic E-state index is -0.843. The minimum Gasteiger partial charge on any atom is -0.385 e. The minimum absolute atomic E-state index is 0.614. The fourth-order valence-corrected chi connectivity index (χ4v) is 2.65. The normalized spacial score (nSPS) is 14.2. The van der Waals surface area contributed by atoms with E-state index in [2.05, 4.69) is 48.0 Å². The fourth-order valence-electron chi connectivity index (χ4n) is 2.39. The first-order valence-corrected chi connectivity index (χ1v) is 7.22. The molecule has 2 rings (SSSR count). The van der Waals surface area contributed by atoms with Crippen molar-refractivity contribution in [3.8, 4) is 0 Å². The quantitative estimate of drug-likeness (QED) is 0.882. The van der Waals surface area contributed by atoms with Gasteiger partial charge in [-0.15, -0.1) is 0 Å². The highest BCUT2D eigenvalue weighted by Crippen LogP contribution is 2.27. The lowest BCUT2D eigenvalue weighted by atomic mass is 9.87. The molecule has 0 amide bonds. The molecule has 1 atom stereocenters. The van der Waals surface area contributed by atoms with Crippen molar-refractivity contribution < 1.29 is 5.11 Å². The van der Waals surface area contributed by atoms with Crippen molar-refractivity contribution in [3.63, 3.8) is 0 Å². The molecule has 0 aliphatic carbocycles. The number of aryl methyl sites for hydroxylation is 2. The van der Waals surface area contributed by atoms with Crippen molar-refractivity contribution in [2.75, 3.05) is 0 Å². The van der Waals surface area contributed by atoms with Gasteiger partial charge in [-0.25, -0.2) is 0 Å². The summed E-state index contributed by atoms with van der Waals surface area (Å²) in [7, 11) is 0. The molecule has 1 N–H and O–H groups in total. The van der Waals surface area contributed by atoms with Crippen LogP contribution in [0, 0.1) is 13.8 Å². The van der Waals surface area contributed by atoms with Crippen LogP contribution in [0.15, 0.2) is 46.9 Å². The van der Waals surface area contributed by atoms with E-state index in [0.29, 0.717) is 6.42 Å². The SMILES string of the molecule is Cc1cc(C)cc(C(C)(O)Cc2ccc(Br)cc2)c1. The van der Waals surface area contributed by atoms with E-state index >= 15 is 0 Å². The van der Waals surface area contributed by atoms with E-state index in [0.717, 1.165) is 15.6 Å². The van der Waals surface area contributed by atoms with Crippen molar-refractivity contribution >= 4 is 15.9 Å². The number of hydrogen-bond donors (Lipinski definition) is 1. The van der Waals surface area contributed by atoms with E-state index in [4.69, 9.17) is 0 Å². The van der Waals surface area contributed by atoms with Crippen molar-refractivity contribution in [2.45, 2.75) is 32.8 Å². The standard InChI is InChI=1S/C17H19BrO/c1-12-8-13(2)10-15(9-12)17(3,19)11-14-4-6-16(18)7-5-14/h4-10,19H,11H2,1-3H3. The molecule has 0 heterocycles. The van der Waals surface area contributed by atoms with E-state index in [1.54, 1.807) is 0 Å². The summed E-state index contributed by atoms with van der Waals surface area (Å²) >= 11 is 3.43. The first-order valence-electron chi connectivity index (χ1n) is 6.42. The third kappa shape index (κ3) is 3.68. The van der Waals surface area contributed by atoms with Crippen LogP contribution >= 0.6 is 15.9 Å². The Morgan fingerprint density at radius 3 is 2.05 bits per heavy atom. The van der Waals surface area contributed by atoms with Crippen molar-refractivity contribution in [1.29, 1.82) is 0 Å². The summed E-state index contributed by atoms with van der Waals surface area (Å²) in [6.07, 6.45) is 0.614. The van der Waals surface area contributed by atoms with Crippen LogP contribution in [0.1, 0.15) is 29.2 Å². The van der Waals surface area contributed by atoms with Crippen LogP contribution < -0.4 is 0 Å². The molecule has 2 heteroatoms. The lowest BCUT2D eigenvalue weighted by Gasteiger charge is -2.25. The second kappa shape index (κ2) is 5.48. The summed E-state index contributed by atoms with van der Waals surface area (Å²) in [5, 5.41) is 10.7. The van der Waals surface area contributed by atoms with Gasteiger partial charge in [-0.05, 0) is 44.0 Å². The number of rotatable bonds is 3. The molecule has 0 saturated carbocycles. The Hall–Kier alpha value is -1.12. The van der Waals surface area contributed by atoms with Gasteiger partial charge in [-0.1, -0.05) is 57.4 Å². The first kappa shape index (κ1) is 14.3. The molecule has 0 saturated heterocycles. The zero-order valence-electron chi connectivity index (χ0n) is 11.6. The molecule has 0 radical (unpaired) electrons. The Balaban J connectivity index is 2.28. The number of hydrogen-bond acceptors (Lipinski definition) is 1. The summed E-state index contributed by atoms with van der Waals surface area (Å²) in [4.78, 5) is 0. The third-order valence-electron chi connectivity index (χ3n) is 3.31. The van der Waals surface area contributed by atoms with E-state index < -0.39 is 5.60 Å². The Bertz CT molecular complexity index is 550. The number of halogens is 1. The largest absolute Gasteiger partial charge is 0.385 e. The van der Waals surface area contributed by atoms with Crippen LogP contribution in [0.4, 0.5) is 0 Å². The predicted octanol–water partition coefficient (Wildman–Crippen LogP) is 4.52. The number of benzene rings is 2. The Morgan fingerprint density at radius 1 is 1.00 bits per heavy atom. The van der Waals surface area contributed by atoms with Gasteiger partial charge in [-0.3, -0.25) is 0 Å². The van der Waals surface area contributed by atoms with Gasteiger partial charge in [0.15, 0.2) is 0 Å². The molecule has 100 valence electrons. The molecule has 0 spiro atoms.